The monoisotopic (exact) mass is 416 g/mol. The first-order valence-electron chi connectivity index (χ1n) is 11.2. The Hall–Kier alpha value is -2.46. The van der Waals surface area contributed by atoms with Crippen molar-refractivity contribution in [2.45, 2.75) is 45.4 Å². The number of hydrogen-bond donors (Lipinski definition) is 0. The predicted molar refractivity (Wildman–Crippen MR) is 123 cm³/mol. The molecule has 0 saturated heterocycles. The molecule has 3 aromatic carbocycles. The van der Waals surface area contributed by atoms with Gasteiger partial charge in [0.05, 0.1) is 38.6 Å². The zero-order valence-corrected chi connectivity index (χ0v) is 18.2. The fraction of sp³-hybridized carbons (Fsp3) is 0.357. The van der Waals surface area contributed by atoms with Crippen LogP contribution < -0.4 is 0 Å². The van der Waals surface area contributed by atoms with Crippen LogP contribution in [0.2, 0.25) is 0 Å². The van der Waals surface area contributed by atoms with Crippen LogP contribution in [-0.2, 0) is 34.0 Å². The van der Waals surface area contributed by atoms with Crippen LogP contribution in [0.3, 0.4) is 0 Å². The van der Waals surface area contributed by atoms with Crippen LogP contribution >= 0.6 is 0 Å². The zero-order valence-electron chi connectivity index (χ0n) is 18.2. The van der Waals surface area contributed by atoms with Crippen molar-refractivity contribution in [2.75, 3.05) is 6.61 Å². The highest BCUT2D eigenvalue weighted by atomic mass is 16.5. The Morgan fingerprint density at radius 3 is 1.58 bits per heavy atom. The van der Waals surface area contributed by atoms with Gasteiger partial charge in [-0.15, -0.1) is 0 Å². The standard InChI is InChI=1S/C28H32O3/c1-22-17-26(21-29-18-23-11-5-2-6-12-23)28(31-20-25-15-9-4-10-16-25)27(22)30-19-24-13-7-3-8-14-24/h2-16,22,26-28H,17-21H2,1H3. The van der Waals surface area contributed by atoms with E-state index in [4.69, 9.17) is 14.2 Å². The zero-order chi connectivity index (χ0) is 21.3. The van der Waals surface area contributed by atoms with Crippen molar-refractivity contribution in [3.8, 4) is 0 Å². The molecule has 0 spiro atoms. The fourth-order valence-electron chi connectivity index (χ4n) is 4.43. The topological polar surface area (TPSA) is 27.7 Å². The molecule has 4 unspecified atom stereocenters. The normalized spacial score (nSPS) is 23.1. The van der Waals surface area contributed by atoms with Crippen molar-refractivity contribution in [2.24, 2.45) is 11.8 Å². The maximum atomic E-state index is 6.47. The molecule has 0 bridgehead atoms. The summed E-state index contributed by atoms with van der Waals surface area (Å²) in [6.45, 7) is 4.79. The summed E-state index contributed by atoms with van der Waals surface area (Å²) in [6, 6.07) is 31.1. The van der Waals surface area contributed by atoms with Crippen molar-refractivity contribution in [3.05, 3.63) is 108 Å². The minimum absolute atomic E-state index is 0.0229. The van der Waals surface area contributed by atoms with Crippen LogP contribution in [0, 0.1) is 11.8 Å². The van der Waals surface area contributed by atoms with Gasteiger partial charge in [-0.25, -0.2) is 0 Å². The molecular weight excluding hydrogens is 384 g/mol. The van der Waals surface area contributed by atoms with Gasteiger partial charge in [0.2, 0.25) is 0 Å². The summed E-state index contributed by atoms with van der Waals surface area (Å²) in [7, 11) is 0. The number of benzene rings is 3. The molecule has 3 heteroatoms. The molecule has 1 fully saturated rings. The van der Waals surface area contributed by atoms with E-state index in [1.54, 1.807) is 0 Å². The fourth-order valence-corrected chi connectivity index (χ4v) is 4.43. The van der Waals surface area contributed by atoms with E-state index in [0.717, 1.165) is 6.42 Å². The van der Waals surface area contributed by atoms with E-state index < -0.39 is 0 Å². The van der Waals surface area contributed by atoms with Gasteiger partial charge in [-0.2, -0.15) is 0 Å². The third-order valence-corrected chi connectivity index (χ3v) is 6.04. The SMILES string of the molecule is CC1CC(COCc2ccccc2)C(OCc2ccccc2)C1OCc1ccccc1. The second kappa shape index (κ2) is 11.2. The average Bonchev–Trinajstić information content (AvgIpc) is 3.12. The highest BCUT2D eigenvalue weighted by Gasteiger charge is 2.42. The molecule has 4 rings (SSSR count). The molecule has 162 valence electrons. The smallest absolute Gasteiger partial charge is 0.0894 e. The highest BCUT2D eigenvalue weighted by molar-refractivity contribution is 5.15. The quantitative estimate of drug-likeness (QED) is 0.404. The van der Waals surface area contributed by atoms with E-state index in [-0.39, 0.29) is 12.2 Å². The Labute approximate surface area is 186 Å². The first-order chi connectivity index (χ1) is 15.3. The van der Waals surface area contributed by atoms with E-state index in [1.807, 2.05) is 18.2 Å². The first kappa shape index (κ1) is 21.8. The summed E-state index contributed by atoms with van der Waals surface area (Å²) in [5.41, 5.74) is 3.58. The Kier molecular flexibility index (Phi) is 7.89. The molecule has 31 heavy (non-hydrogen) atoms. The van der Waals surface area contributed by atoms with Gasteiger partial charge in [0, 0.05) is 5.92 Å². The van der Waals surface area contributed by atoms with Gasteiger partial charge < -0.3 is 14.2 Å². The number of rotatable bonds is 10. The van der Waals surface area contributed by atoms with Crippen molar-refractivity contribution in [3.63, 3.8) is 0 Å². The lowest BCUT2D eigenvalue weighted by molar-refractivity contribution is -0.103. The van der Waals surface area contributed by atoms with Gasteiger partial charge in [0.1, 0.15) is 0 Å². The average molecular weight is 417 g/mol. The van der Waals surface area contributed by atoms with E-state index in [1.165, 1.54) is 16.7 Å². The van der Waals surface area contributed by atoms with Crippen LogP contribution in [0.1, 0.15) is 30.0 Å². The van der Waals surface area contributed by atoms with Crippen molar-refractivity contribution >= 4 is 0 Å². The Bertz CT molecular complexity index is 882. The molecule has 0 radical (unpaired) electrons. The minimum atomic E-state index is 0.0229. The molecule has 1 aliphatic carbocycles. The summed E-state index contributed by atoms with van der Waals surface area (Å²) >= 11 is 0. The first-order valence-corrected chi connectivity index (χ1v) is 11.2. The van der Waals surface area contributed by atoms with E-state index in [2.05, 4.69) is 79.7 Å². The van der Waals surface area contributed by atoms with Gasteiger partial charge in [0.15, 0.2) is 0 Å². The van der Waals surface area contributed by atoms with Gasteiger partial charge in [-0.1, -0.05) is 97.9 Å². The Balaban J connectivity index is 1.39. The molecule has 0 amide bonds. The summed E-state index contributed by atoms with van der Waals surface area (Å²) in [5.74, 6) is 0.748. The highest BCUT2D eigenvalue weighted by Crippen LogP contribution is 2.37. The van der Waals surface area contributed by atoms with Crippen LogP contribution in [0.25, 0.3) is 0 Å². The van der Waals surface area contributed by atoms with Crippen molar-refractivity contribution < 1.29 is 14.2 Å². The molecule has 3 nitrogen and oxygen atoms in total. The van der Waals surface area contributed by atoms with Gasteiger partial charge in [-0.05, 0) is 29.0 Å². The summed E-state index contributed by atoms with van der Waals surface area (Å²) < 4.78 is 19.0. The van der Waals surface area contributed by atoms with Crippen molar-refractivity contribution in [1.29, 1.82) is 0 Å². The Morgan fingerprint density at radius 1 is 0.613 bits per heavy atom. The van der Waals surface area contributed by atoms with Gasteiger partial charge in [0.25, 0.3) is 0 Å². The van der Waals surface area contributed by atoms with Gasteiger partial charge in [-0.3, -0.25) is 0 Å². The molecule has 0 aromatic heterocycles. The molecule has 1 aliphatic rings. The van der Waals surface area contributed by atoms with Gasteiger partial charge >= 0.3 is 0 Å². The second-order valence-corrected chi connectivity index (χ2v) is 8.50. The summed E-state index contributed by atoms with van der Waals surface area (Å²) in [6.07, 6.45) is 1.14. The van der Waals surface area contributed by atoms with Crippen LogP contribution in [0.15, 0.2) is 91.0 Å². The Morgan fingerprint density at radius 2 is 1.06 bits per heavy atom. The molecule has 0 heterocycles. The van der Waals surface area contributed by atoms with Crippen LogP contribution in [0.4, 0.5) is 0 Å². The lowest BCUT2D eigenvalue weighted by Crippen LogP contribution is -2.34. The lowest BCUT2D eigenvalue weighted by Gasteiger charge is -2.27. The maximum absolute atomic E-state index is 6.47. The number of ether oxygens (including phenoxy) is 3. The summed E-state index contributed by atoms with van der Waals surface area (Å²) in [5, 5.41) is 0. The van der Waals surface area contributed by atoms with Crippen LogP contribution in [-0.4, -0.2) is 18.8 Å². The predicted octanol–water partition coefficient (Wildman–Crippen LogP) is 6.03. The third kappa shape index (κ3) is 6.27. The number of hydrogen-bond acceptors (Lipinski definition) is 3. The van der Waals surface area contributed by atoms with E-state index in [9.17, 15) is 0 Å². The van der Waals surface area contributed by atoms with E-state index in [0.29, 0.717) is 38.3 Å². The minimum Gasteiger partial charge on any atom is -0.376 e. The molecule has 1 saturated carbocycles. The lowest BCUT2D eigenvalue weighted by atomic mass is 10.1. The maximum Gasteiger partial charge on any atom is 0.0894 e. The molecule has 3 aromatic rings. The summed E-state index contributed by atoms with van der Waals surface area (Å²) in [4.78, 5) is 0. The molecule has 0 N–H and O–H groups in total. The van der Waals surface area contributed by atoms with Crippen LogP contribution in [0.5, 0.6) is 0 Å². The molecule has 4 atom stereocenters. The molecular formula is C28H32O3. The van der Waals surface area contributed by atoms with E-state index >= 15 is 0 Å². The third-order valence-electron chi connectivity index (χ3n) is 6.04. The second-order valence-electron chi connectivity index (χ2n) is 8.50. The largest absolute Gasteiger partial charge is 0.376 e. The van der Waals surface area contributed by atoms with Crippen molar-refractivity contribution in [1.82, 2.24) is 0 Å². The molecule has 0 aliphatic heterocycles.